The predicted octanol–water partition coefficient (Wildman–Crippen LogP) is 1.70. The highest BCUT2D eigenvalue weighted by Crippen LogP contribution is 2.17. The highest BCUT2D eigenvalue weighted by molar-refractivity contribution is 5.83. The second-order valence-electron chi connectivity index (χ2n) is 6.61. The molecule has 0 aliphatic carbocycles. The maximum atomic E-state index is 12.8. The number of benzene rings is 1. The molecule has 1 amide bonds. The Labute approximate surface area is 148 Å². The zero-order valence-corrected chi connectivity index (χ0v) is 14.8. The number of carbonyl (C=O) groups excluding carboxylic acids is 1. The summed E-state index contributed by atoms with van der Waals surface area (Å²) in [5, 5.41) is 7.32. The lowest BCUT2D eigenvalue weighted by molar-refractivity contribution is -0.123. The molecule has 1 fully saturated rings. The normalized spacial score (nSPS) is 22.5. The van der Waals surface area contributed by atoms with E-state index in [0.717, 1.165) is 25.2 Å². The quantitative estimate of drug-likeness (QED) is 0.868. The van der Waals surface area contributed by atoms with Crippen LogP contribution in [0.1, 0.15) is 25.5 Å². The molecule has 1 saturated heterocycles. The van der Waals surface area contributed by atoms with E-state index < -0.39 is 6.04 Å². The van der Waals surface area contributed by atoms with Crippen molar-refractivity contribution in [3.8, 4) is 0 Å². The Bertz CT molecular complexity index is 649. The maximum absolute atomic E-state index is 12.8. The zero-order chi connectivity index (χ0) is 17.6. The van der Waals surface area contributed by atoms with Crippen molar-refractivity contribution in [3.63, 3.8) is 0 Å². The Kier molecular flexibility index (Phi) is 5.83. The van der Waals surface area contributed by atoms with E-state index in [4.69, 9.17) is 4.74 Å². The van der Waals surface area contributed by atoms with Gasteiger partial charge < -0.3 is 10.1 Å². The van der Waals surface area contributed by atoms with Crippen LogP contribution in [-0.2, 0) is 9.53 Å². The van der Waals surface area contributed by atoms with Crippen LogP contribution >= 0.6 is 0 Å². The lowest BCUT2D eigenvalue weighted by atomic mass is 10.1. The molecule has 0 bridgehead atoms. The summed E-state index contributed by atoms with van der Waals surface area (Å²) in [7, 11) is 0. The van der Waals surface area contributed by atoms with Crippen LogP contribution in [0.4, 0.5) is 0 Å². The van der Waals surface area contributed by atoms with Gasteiger partial charge in [0.2, 0.25) is 5.91 Å². The Hall–Kier alpha value is -2.18. The first-order valence-electron chi connectivity index (χ1n) is 8.83. The van der Waals surface area contributed by atoms with Gasteiger partial charge in [0.1, 0.15) is 0 Å². The summed E-state index contributed by atoms with van der Waals surface area (Å²) in [6.07, 6.45) is 3.99. The molecule has 0 unspecified atom stereocenters. The summed E-state index contributed by atoms with van der Waals surface area (Å²) in [6, 6.07) is 11.1. The fourth-order valence-corrected chi connectivity index (χ4v) is 3.39. The van der Waals surface area contributed by atoms with Crippen LogP contribution in [0.5, 0.6) is 0 Å². The average Bonchev–Trinajstić information content (AvgIpc) is 3.09. The summed E-state index contributed by atoms with van der Waals surface area (Å²) in [4.78, 5) is 15.1. The molecule has 2 aromatic rings. The number of ether oxygens (including phenoxy) is 1. The van der Waals surface area contributed by atoms with Crippen LogP contribution in [0.2, 0.25) is 0 Å². The number of nitrogens with one attached hydrogen (secondary N) is 1. The molecule has 0 radical (unpaired) electrons. The molecule has 1 aliphatic rings. The van der Waals surface area contributed by atoms with E-state index in [1.807, 2.05) is 42.6 Å². The minimum Gasteiger partial charge on any atom is -0.373 e. The topological polar surface area (TPSA) is 59.4 Å². The number of nitrogens with zero attached hydrogens (tertiary/aromatic N) is 3. The molecule has 0 saturated carbocycles. The lowest BCUT2D eigenvalue weighted by Gasteiger charge is -2.35. The molecule has 3 rings (SSSR count). The van der Waals surface area contributed by atoms with E-state index in [1.165, 1.54) is 0 Å². The summed E-state index contributed by atoms with van der Waals surface area (Å²) in [6.45, 7) is 7.42. The van der Waals surface area contributed by atoms with Crippen molar-refractivity contribution >= 4 is 5.91 Å². The number of hydrogen-bond donors (Lipinski definition) is 1. The standard InChI is InChI=1S/C19H26N4O2/c1-15-13-22(14-16(2)25-15)12-10-20-19(24)18(23-11-6-9-21-23)17-7-4-3-5-8-17/h3-9,11,15-16,18H,10,12-14H2,1-2H3,(H,20,24)/t15-,16-,18+/m1/s1. The second-order valence-corrected chi connectivity index (χ2v) is 6.61. The fraction of sp³-hybridized carbons (Fsp3) is 0.474. The molecule has 6 nitrogen and oxygen atoms in total. The molecule has 3 atom stereocenters. The lowest BCUT2D eigenvalue weighted by Crippen LogP contribution is -2.48. The van der Waals surface area contributed by atoms with Gasteiger partial charge in [0.05, 0.1) is 12.2 Å². The van der Waals surface area contributed by atoms with E-state index >= 15 is 0 Å². The number of carbonyl (C=O) groups is 1. The Balaban J connectivity index is 1.60. The van der Waals surface area contributed by atoms with Crippen molar-refractivity contribution in [2.45, 2.75) is 32.1 Å². The van der Waals surface area contributed by atoms with Gasteiger partial charge >= 0.3 is 0 Å². The average molecular weight is 342 g/mol. The molecule has 6 heteroatoms. The van der Waals surface area contributed by atoms with Crippen molar-refractivity contribution in [1.29, 1.82) is 0 Å². The van der Waals surface area contributed by atoms with E-state index in [-0.39, 0.29) is 18.1 Å². The van der Waals surface area contributed by atoms with Crippen LogP contribution in [0.15, 0.2) is 48.8 Å². The van der Waals surface area contributed by atoms with Gasteiger partial charge in [-0.25, -0.2) is 0 Å². The summed E-state index contributed by atoms with van der Waals surface area (Å²) < 4.78 is 7.45. The van der Waals surface area contributed by atoms with Gasteiger partial charge in [-0.05, 0) is 25.5 Å². The van der Waals surface area contributed by atoms with Crippen LogP contribution in [0, 0.1) is 0 Å². The first-order valence-corrected chi connectivity index (χ1v) is 8.83. The predicted molar refractivity (Wildman–Crippen MR) is 96.3 cm³/mol. The first-order chi connectivity index (χ1) is 12.1. The Morgan fingerprint density at radius 3 is 2.60 bits per heavy atom. The van der Waals surface area contributed by atoms with Crippen molar-refractivity contribution in [3.05, 3.63) is 54.4 Å². The number of rotatable bonds is 6. The fourth-order valence-electron chi connectivity index (χ4n) is 3.39. The minimum atomic E-state index is -0.446. The third-order valence-corrected chi connectivity index (χ3v) is 4.38. The molecule has 0 spiro atoms. The number of aromatic nitrogens is 2. The van der Waals surface area contributed by atoms with Crippen LogP contribution in [0.25, 0.3) is 0 Å². The monoisotopic (exact) mass is 342 g/mol. The van der Waals surface area contributed by atoms with Gasteiger partial charge in [0.25, 0.3) is 0 Å². The number of amides is 1. The maximum Gasteiger partial charge on any atom is 0.249 e. The van der Waals surface area contributed by atoms with Crippen molar-refractivity contribution in [1.82, 2.24) is 20.0 Å². The molecular formula is C19H26N4O2. The molecule has 1 aromatic heterocycles. The highest BCUT2D eigenvalue weighted by Gasteiger charge is 2.24. The molecule has 1 N–H and O–H groups in total. The summed E-state index contributed by atoms with van der Waals surface area (Å²) in [5.41, 5.74) is 0.928. The van der Waals surface area contributed by atoms with Gasteiger partial charge in [0.15, 0.2) is 6.04 Å². The minimum absolute atomic E-state index is 0.0377. The van der Waals surface area contributed by atoms with E-state index in [1.54, 1.807) is 10.9 Å². The van der Waals surface area contributed by atoms with Crippen LogP contribution < -0.4 is 5.32 Å². The molecule has 25 heavy (non-hydrogen) atoms. The molecule has 134 valence electrons. The second kappa shape index (κ2) is 8.27. The van der Waals surface area contributed by atoms with Crippen LogP contribution in [0.3, 0.4) is 0 Å². The van der Waals surface area contributed by atoms with Gasteiger partial charge in [-0.2, -0.15) is 5.10 Å². The van der Waals surface area contributed by atoms with Crippen molar-refractivity contribution < 1.29 is 9.53 Å². The van der Waals surface area contributed by atoms with Crippen molar-refractivity contribution in [2.24, 2.45) is 0 Å². The van der Waals surface area contributed by atoms with Gasteiger partial charge in [-0.3, -0.25) is 14.4 Å². The van der Waals surface area contributed by atoms with Gasteiger partial charge in [-0.1, -0.05) is 30.3 Å². The van der Waals surface area contributed by atoms with E-state index in [9.17, 15) is 4.79 Å². The van der Waals surface area contributed by atoms with Gasteiger partial charge in [-0.15, -0.1) is 0 Å². The Morgan fingerprint density at radius 2 is 1.96 bits per heavy atom. The molecular weight excluding hydrogens is 316 g/mol. The third-order valence-electron chi connectivity index (χ3n) is 4.38. The molecule has 1 aliphatic heterocycles. The summed E-state index contributed by atoms with van der Waals surface area (Å²) in [5.74, 6) is -0.0377. The van der Waals surface area contributed by atoms with E-state index in [2.05, 4.69) is 29.2 Å². The van der Waals surface area contributed by atoms with Crippen molar-refractivity contribution in [2.75, 3.05) is 26.2 Å². The Morgan fingerprint density at radius 1 is 1.24 bits per heavy atom. The highest BCUT2D eigenvalue weighted by atomic mass is 16.5. The first kappa shape index (κ1) is 17.6. The number of morpholine rings is 1. The zero-order valence-electron chi connectivity index (χ0n) is 14.8. The van der Waals surface area contributed by atoms with Crippen LogP contribution in [-0.4, -0.2) is 59.0 Å². The molecule has 2 heterocycles. The number of hydrogen-bond acceptors (Lipinski definition) is 4. The van der Waals surface area contributed by atoms with E-state index in [0.29, 0.717) is 6.54 Å². The molecule has 1 aromatic carbocycles. The SMILES string of the molecule is C[C@@H]1CN(CCNC(=O)[C@H](c2ccccc2)n2cccn2)C[C@@H](C)O1. The largest absolute Gasteiger partial charge is 0.373 e. The summed E-state index contributed by atoms with van der Waals surface area (Å²) >= 11 is 0. The smallest absolute Gasteiger partial charge is 0.249 e. The van der Waals surface area contributed by atoms with Gasteiger partial charge in [0, 0.05) is 38.6 Å². The third kappa shape index (κ3) is 4.67.